The van der Waals surface area contributed by atoms with Crippen LogP contribution in [0.2, 0.25) is 0 Å². The van der Waals surface area contributed by atoms with Crippen LogP contribution < -0.4 is 5.32 Å². The Hall–Kier alpha value is -1.47. The molecule has 0 bridgehead atoms. The van der Waals surface area contributed by atoms with Crippen molar-refractivity contribution in [1.29, 1.82) is 0 Å². The molecule has 3 aliphatic heterocycles. The Bertz CT molecular complexity index is 1700. The minimum atomic E-state index is -1.97. The SMILES string of the molecule is CCCCCCC/C=C\CCCCCCCC(=O)NC(COC1OC(CO)C(OC2OC(CO)C(OC3OC(CO)C(O)C(O)C3O)C(O)C2O)C(O)C1O)C(O)CCCCCCCCCCCCCCCCCCCCCCCCCCCCCCCCCC. The number of amides is 1. The van der Waals surface area contributed by atoms with E-state index in [1.54, 1.807) is 0 Å². The second-order valence-electron chi connectivity index (χ2n) is 27.1. The van der Waals surface area contributed by atoms with Gasteiger partial charge in [0, 0.05) is 6.42 Å². The van der Waals surface area contributed by atoms with Gasteiger partial charge >= 0.3 is 0 Å². The molecule has 0 aromatic rings. The van der Waals surface area contributed by atoms with Crippen LogP contribution in [-0.2, 0) is 33.2 Å². The van der Waals surface area contributed by atoms with E-state index >= 15 is 0 Å². The molecule has 3 heterocycles. The van der Waals surface area contributed by atoms with E-state index in [4.69, 9.17) is 28.4 Å². The first-order valence-electron chi connectivity index (χ1n) is 37.4. The summed E-state index contributed by atoms with van der Waals surface area (Å²) in [6.45, 7) is 1.82. The van der Waals surface area contributed by atoms with Crippen molar-refractivity contribution in [3.8, 4) is 0 Å². The van der Waals surface area contributed by atoms with Crippen LogP contribution in [-0.4, -0.2) is 193 Å². The van der Waals surface area contributed by atoms with Gasteiger partial charge in [-0.25, -0.2) is 0 Å². The summed E-state index contributed by atoms with van der Waals surface area (Å²) < 4.78 is 34.4. The normalized spacial score (nSPS) is 27.9. The summed E-state index contributed by atoms with van der Waals surface area (Å²) in [7, 11) is 0. The van der Waals surface area contributed by atoms with Crippen LogP contribution in [0, 0.1) is 0 Å². The monoisotopic (exact) mass is 1300 g/mol. The summed E-state index contributed by atoms with van der Waals surface area (Å²) in [6.07, 6.45) is 34.6. The van der Waals surface area contributed by atoms with E-state index in [0.29, 0.717) is 12.8 Å². The van der Waals surface area contributed by atoms with Crippen molar-refractivity contribution in [2.45, 2.75) is 413 Å². The van der Waals surface area contributed by atoms with Crippen LogP contribution >= 0.6 is 0 Å². The standard InChI is InChI=1S/C72H137NO18/c1-3-5-7-9-11-13-15-17-19-20-21-22-23-24-25-26-27-28-29-30-31-32-33-34-35-36-37-39-41-43-45-47-49-56(77)55(73-60(78)50-48-46-44-42-40-38-18-16-14-12-10-8-6-4-2)54-86-70-66(84)63(81)68(58(52-75)88-70)91-72-67(85)64(82)69(59(53-76)89-72)90-71-65(83)62(80)61(79)57(51-74)87-71/h16,18,55-59,61-72,74-77,79-85H,3-15,17,19-54H2,1-2H3,(H,73,78)/b18-16-. The average molecular weight is 1300 g/mol. The number of ether oxygens (including phenoxy) is 6. The smallest absolute Gasteiger partial charge is 0.220 e. The number of carbonyl (C=O) groups excluding carboxylic acids is 1. The van der Waals surface area contributed by atoms with Gasteiger partial charge in [-0.15, -0.1) is 0 Å². The van der Waals surface area contributed by atoms with E-state index < -0.39 is 124 Å². The molecule has 0 aromatic heterocycles. The van der Waals surface area contributed by atoms with Crippen LogP contribution in [0.3, 0.4) is 0 Å². The van der Waals surface area contributed by atoms with Crippen molar-refractivity contribution in [1.82, 2.24) is 5.32 Å². The summed E-state index contributed by atoms with van der Waals surface area (Å²) >= 11 is 0. The van der Waals surface area contributed by atoms with Gasteiger partial charge in [0.15, 0.2) is 18.9 Å². The molecule has 3 fully saturated rings. The van der Waals surface area contributed by atoms with Crippen LogP contribution in [0.25, 0.3) is 0 Å². The molecule has 0 radical (unpaired) electrons. The third kappa shape index (κ3) is 36.1. The Labute approximate surface area is 550 Å². The zero-order valence-corrected chi connectivity index (χ0v) is 57.1. The van der Waals surface area contributed by atoms with Gasteiger partial charge in [0.25, 0.3) is 0 Å². The largest absolute Gasteiger partial charge is 0.394 e. The molecule has 3 aliphatic rings. The third-order valence-corrected chi connectivity index (χ3v) is 19.1. The highest BCUT2D eigenvalue weighted by Gasteiger charge is 2.53. The minimum Gasteiger partial charge on any atom is -0.394 e. The summed E-state index contributed by atoms with van der Waals surface area (Å²) in [4.78, 5) is 13.4. The Kier molecular flexibility index (Phi) is 50.2. The zero-order chi connectivity index (χ0) is 66.1. The predicted molar refractivity (Wildman–Crippen MR) is 356 cm³/mol. The maximum absolute atomic E-state index is 13.4. The highest BCUT2D eigenvalue weighted by molar-refractivity contribution is 5.76. The Morgan fingerprint density at radius 1 is 0.385 bits per heavy atom. The first-order chi connectivity index (χ1) is 44.3. The molecule has 0 aromatic carbocycles. The van der Waals surface area contributed by atoms with E-state index in [9.17, 15) is 61.0 Å². The maximum atomic E-state index is 13.4. The highest BCUT2D eigenvalue weighted by atomic mass is 16.8. The topological polar surface area (TPSA) is 307 Å². The summed E-state index contributed by atoms with van der Waals surface area (Å²) in [5.41, 5.74) is 0. The van der Waals surface area contributed by atoms with Crippen molar-refractivity contribution in [2.75, 3.05) is 26.4 Å². The van der Waals surface area contributed by atoms with E-state index in [1.165, 1.54) is 212 Å². The number of rotatable bonds is 59. The van der Waals surface area contributed by atoms with Crippen molar-refractivity contribution in [3.63, 3.8) is 0 Å². The molecule has 0 aliphatic carbocycles. The molecule has 17 unspecified atom stereocenters. The molecule has 538 valence electrons. The lowest BCUT2D eigenvalue weighted by atomic mass is 9.96. The van der Waals surface area contributed by atoms with Gasteiger partial charge in [0.2, 0.25) is 5.91 Å². The quantitative estimate of drug-likeness (QED) is 0.0199. The molecule has 17 atom stereocenters. The van der Waals surface area contributed by atoms with Gasteiger partial charge in [0.1, 0.15) is 73.2 Å². The second kappa shape index (κ2) is 54.5. The maximum Gasteiger partial charge on any atom is 0.220 e. The highest BCUT2D eigenvalue weighted by Crippen LogP contribution is 2.33. The van der Waals surface area contributed by atoms with Crippen molar-refractivity contribution in [3.05, 3.63) is 12.2 Å². The summed E-state index contributed by atoms with van der Waals surface area (Å²) in [5.74, 6) is -0.248. The van der Waals surface area contributed by atoms with Crippen LogP contribution in [0.15, 0.2) is 12.2 Å². The fourth-order valence-corrected chi connectivity index (χ4v) is 13.0. The second-order valence-corrected chi connectivity index (χ2v) is 27.1. The number of hydrogen-bond acceptors (Lipinski definition) is 18. The number of carbonyl (C=O) groups is 1. The number of allylic oxidation sites excluding steroid dienone is 2. The van der Waals surface area contributed by atoms with E-state index in [1.807, 2.05) is 0 Å². The molecule has 12 N–H and O–H groups in total. The molecule has 91 heavy (non-hydrogen) atoms. The molecule has 3 rings (SSSR count). The van der Waals surface area contributed by atoms with Gasteiger partial charge in [-0.1, -0.05) is 276 Å². The summed E-state index contributed by atoms with van der Waals surface area (Å²) in [6, 6.07) is -0.889. The molecule has 0 spiro atoms. The van der Waals surface area contributed by atoms with Crippen molar-refractivity contribution < 1.29 is 89.4 Å². The van der Waals surface area contributed by atoms with Crippen LogP contribution in [0.5, 0.6) is 0 Å². The van der Waals surface area contributed by atoms with Gasteiger partial charge < -0.3 is 89.9 Å². The van der Waals surface area contributed by atoms with Gasteiger partial charge in [-0.05, 0) is 38.5 Å². The molecule has 19 nitrogen and oxygen atoms in total. The van der Waals surface area contributed by atoms with E-state index in [2.05, 4.69) is 31.3 Å². The Morgan fingerprint density at radius 2 is 0.692 bits per heavy atom. The molecule has 1 amide bonds. The average Bonchev–Trinajstić information content (AvgIpc) is 0.850. The fraction of sp³-hybridized carbons (Fsp3) is 0.958. The lowest BCUT2D eigenvalue weighted by molar-refractivity contribution is -0.379. The van der Waals surface area contributed by atoms with E-state index in [0.717, 1.165) is 64.2 Å². The zero-order valence-electron chi connectivity index (χ0n) is 57.1. The number of aliphatic hydroxyl groups excluding tert-OH is 11. The molecule has 3 saturated heterocycles. The Morgan fingerprint density at radius 3 is 1.07 bits per heavy atom. The Balaban J connectivity index is 1.35. The lowest BCUT2D eigenvalue weighted by Crippen LogP contribution is -2.66. The molecular formula is C72H137NO18. The number of aliphatic hydroxyl groups is 11. The fourth-order valence-electron chi connectivity index (χ4n) is 13.0. The van der Waals surface area contributed by atoms with Crippen LogP contribution in [0.4, 0.5) is 0 Å². The van der Waals surface area contributed by atoms with Gasteiger partial charge in [0.05, 0.1) is 38.6 Å². The number of unbranched alkanes of at least 4 members (excludes halogenated alkanes) is 41. The first kappa shape index (κ1) is 83.8. The summed E-state index contributed by atoms with van der Waals surface area (Å²) in [5, 5.41) is 121. The third-order valence-electron chi connectivity index (χ3n) is 19.1. The van der Waals surface area contributed by atoms with E-state index in [-0.39, 0.29) is 18.9 Å². The number of hydrogen-bond donors (Lipinski definition) is 12. The van der Waals surface area contributed by atoms with Crippen molar-refractivity contribution >= 4 is 5.91 Å². The van der Waals surface area contributed by atoms with Gasteiger partial charge in [-0.2, -0.15) is 0 Å². The van der Waals surface area contributed by atoms with Crippen LogP contribution in [0.1, 0.15) is 309 Å². The minimum absolute atomic E-state index is 0.248. The molecule has 0 saturated carbocycles. The number of nitrogens with one attached hydrogen (secondary N) is 1. The lowest BCUT2D eigenvalue weighted by Gasteiger charge is -2.48. The predicted octanol–water partition coefficient (Wildman–Crippen LogP) is 10.8. The molecular weight excluding hydrogens is 1170 g/mol. The first-order valence-corrected chi connectivity index (χ1v) is 37.4. The van der Waals surface area contributed by atoms with Gasteiger partial charge in [-0.3, -0.25) is 4.79 Å². The van der Waals surface area contributed by atoms with Crippen molar-refractivity contribution in [2.24, 2.45) is 0 Å². The molecule has 19 heteroatoms.